The Balaban J connectivity index is 6.96. The van der Waals surface area contributed by atoms with Gasteiger partial charge in [0, 0.05) is 19.5 Å². The van der Waals surface area contributed by atoms with E-state index in [-0.39, 0.29) is 11.0 Å². The molecule has 0 aliphatic carbocycles. The number of nitrogens with zero attached hydrogens (tertiary/aromatic N) is 2. The summed E-state index contributed by atoms with van der Waals surface area (Å²) in [6, 6.07) is 0. The summed E-state index contributed by atoms with van der Waals surface area (Å²) >= 11 is 0. The Kier molecular flexibility index (Phi) is 12.1. The fraction of sp³-hybridized carbons (Fsp3) is 1.00. The SMILES string of the molecule is C[N+](C)(CCO)CCCN(CC(O)CS(=O)(=O)[O-])S(=O)(=O)C(F)(F)C(F)(F)C(F)(F)C(F)(F)C(F)(F)C(F)(F)C(F)(F)F. The Morgan fingerprint density at radius 1 is 0.721 bits per heavy atom. The molecule has 0 bridgehead atoms. The van der Waals surface area contributed by atoms with Crippen molar-refractivity contribution in [1.29, 1.82) is 0 Å². The highest BCUT2D eigenvalue weighted by molar-refractivity contribution is 7.90. The monoisotopic (exact) mass is 716 g/mol. The van der Waals surface area contributed by atoms with Crippen LogP contribution >= 0.6 is 0 Å². The molecule has 9 nitrogen and oxygen atoms in total. The fourth-order valence-electron chi connectivity index (χ4n) is 3.17. The van der Waals surface area contributed by atoms with E-state index in [1.165, 1.54) is 14.1 Å². The van der Waals surface area contributed by atoms with Gasteiger partial charge in [-0.3, -0.25) is 0 Å². The van der Waals surface area contributed by atoms with Gasteiger partial charge in [-0.05, 0) is 0 Å². The molecule has 0 saturated heterocycles. The molecule has 0 rings (SSSR count). The van der Waals surface area contributed by atoms with Gasteiger partial charge in [0.25, 0.3) is 10.0 Å². The molecule has 0 radical (unpaired) electrons. The van der Waals surface area contributed by atoms with Crippen LogP contribution in [-0.4, -0.2) is 140 Å². The first-order chi connectivity index (χ1) is 18.5. The molecule has 0 aliphatic rings. The third-order valence-electron chi connectivity index (χ3n) is 5.65. The van der Waals surface area contributed by atoms with E-state index < -0.39 is 110 Å². The van der Waals surface area contributed by atoms with E-state index in [1.807, 2.05) is 0 Å². The Morgan fingerprint density at radius 3 is 1.49 bits per heavy atom. The number of aliphatic hydroxyl groups excluding tert-OH is 2. The van der Waals surface area contributed by atoms with Crippen molar-refractivity contribution in [3.05, 3.63) is 0 Å². The molecule has 26 heteroatoms. The molecule has 0 saturated carbocycles. The number of rotatable bonds is 17. The Bertz CT molecular complexity index is 1180. The van der Waals surface area contributed by atoms with E-state index in [9.17, 15) is 92.4 Å². The standard InChI is InChI=1S/C17H23F15N2O7S2/c1-34(2,6-7-35)5-3-4-33(8-10(36)9-42(37,38)39)43(40,41)17(31,32)15(26,27)13(22,23)11(18,19)12(20,21)14(24,25)16(28,29)30/h10,35-36H,3-9H2,1-2H3. The van der Waals surface area contributed by atoms with Crippen LogP contribution in [-0.2, 0) is 20.1 Å². The zero-order chi connectivity index (χ0) is 35.1. The van der Waals surface area contributed by atoms with Crippen LogP contribution in [0.2, 0.25) is 0 Å². The Morgan fingerprint density at radius 2 is 1.12 bits per heavy atom. The Labute approximate surface area is 233 Å². The van der Waals surface area contributed by atoms with Crippen LogP contribution in [0.25, 0.3) is 0 Å². The molecule has 0 spiro atoms. The van der Waals surface area contributed by atoms with E-state index in [4.69, 9.17) is 5.11 Å². The number of hydrogen-bond donors (Lipinski definition) is 2. The van der Waals surface area contributed by atoms with Crippen molar-refractivity contribution in [3.8, 4) is 0 Å². The highest BCUT2D eigenvalue weighted by Crippen LogP contribution is 2.63. The average Bonchev–Trinajstić information content (AvgIpc) is 2.75. The maximum Gasteiger partial charge on any atom is 0.460 e. The van der Waals surface area contributed by atoms with Gasteiger partial charge in [-0.25, -0.2) is 16.8 Å². The molecule has 0 aliphatic heterocycles. The van der Waals surface area contributed by atoms with Gasteiger partial charge in [0.05, 0.1) is 49.2 Å². The first-order valence-corrected chi connectivity index (χ1v) is 13.9. The number of alkyl halides is 15. The molecule has 0 amide bonds. The largest absolute Gasteiger partial charge is 0.748 e. The van der Waals surface area contributed by atoms with Crippen molar-refractivity contribution in [3.63, 3.8) is 0 Å². The smallest absolute Gasteiger partial charge is 0.460 e. The van der Waals surface area contributed by atoms with E-state index in [1.54, 1.807) is 0 Å². The van der Waals surface area contributed by atoms with Crippen LogP contribution in [0.3, 0.4) is 0 Å². The van der Waals surface area contributed by atoms with E-state index in [0.29, 0.717) is 0 Å². The Hall–Kier alpha value is -1.35. The maximum absolute atomic E-state index is 14.6. The second-order valence-corrected chi connectivity index (χ2v) is 13.0. The van der Waals surface area contributed by atoms with Gasteiger partial charge in [-0.2, -0.15) is 70.2 Å². The highest BCUT2D eigenvalue weighted by Gasteiger charge is 2.94. The molecule has 43 heavy (non-hydrogen) atoms. The number of quaternary nitrogens is 1. The highest BCUT2D eigenvalue weighted by atomic mass is 32.2. The van der Waals surface area contributed by atoms with Crippen LogP contribution in [0, 0.1) is 0 Å². The van der Waals surface area contributed by atoms with E-state index in [0.717, 1.165) is 0 Å². The number of sulfonamides is 1. The first kappa shape index (κ1) is 41.7. The van der Waals surface area contributed by atoms with Crippen molar-refractivity contribution in [1.82, 2.24) is 4.31 Å². The zero-order valence-electron chi connectivity index (χ0n) is 21.3. The lowest BCUT2D eigenvalue weighted by Crippen LogP contribution is -2.74. The first-order valence-electron chi connectivity index (χ1n) is 10.9. The molecule has 0 aromatic rings. The van der Waals surface area contributed by atoms with Crippen molar-refractivity contribution in [2.75, 3.05) is 52.6 Å². The lowest BCUT2D eigenvalue weighted by atomic mass is 9.94. The van der Waals surface area contributed by atoms with Crippen LogP contribution in [0.15, 0.2) is 0 Å². The van der Waals surface area contributed by atoms with Gasteiger partial charge in [-0.15, -0.1) is 0 Å². The van der Waals surface area contributed by atoms with Gasteiger partial charge < -0.3 is 19.2 Å². The summed E-state index contributed by atoms with van der Waals surface area (Å²) in [5.41, 5.74) is 0. The van der Waals surface area contributed by atoms with Crippen LogP contribution in [0.1, 0.15) is 6.42 Å². The summed E-state index contributed by atoms with van der Waals surface area (Å²) in [4.78, 5) is 0. The molecule has 0 aromatic carbocycles. The van der Waals surface area contributed by atoms with Crippen LogP contribution in [0.4, 0.5) is 65.9 Å². The van der Waals surface area contributed by atoms with E-state index in [2.05, 4.69) is 0 Å². The second kappa shape index (κ2) is 12.4. The lowest BCUT2D eigenvalue weighted by Gasteiger charge is -2.42. The van der Waals surface area contributed by atoms with Gasteiger partial charge in [0.15, 0.2) is 0 Å². The number of likely N-dealkylation sites (N-methyl/N-ethyl adjacent to an activating group) is 1. The summed E-state index contributed by atoms with van der Waals surface area (Å²) in [5.74, 6) is -44.9. The third-order valence-corrected chi connectivity index (χ3v) is 8.36. The number of aliphatic hydroxyl groups is 2. The number of hydrogen-bond acceptors (Lipinski definition) is 7. The molecular weight excluding hydrogens is 693 g/mol. The fourth-order valence-corrected chi connectivity index (χ4v) is 5.26. The molecule has 2 N–H and O–H groups in total. The average molecular weight is 716 g/mol. The summed E-state index contributed by atoms with van der Waals surface area (Å²) in [7, 11) is -10.7. The maximum atomic E-state index is 14.6. The molecular formula is C17H23F15N2O7S2. The minimum absolute atomic E-state index is 0.171. The van der Waals surface area contributed by atoms with Gasteiger partial charge in [0.1, 0.15) is 6.54 Å². The summed E-state index contributed by atoms with van der Waals surface area (Å²) in [6.07, 6.45) is -11.6. The third kappa shape index (κ3) is 7.90. The minimum Gasteiger partial charge on any atom is -0.748 e. The molecule has 0 fully saturated rings. The predicted octanol–water partition coefficient (Wildman–Crippen LogP) is 2.31. The molecule has 0 aromatic heterocycles. The van der Waals surface area contributed by atoms with Crippen molar-refractivity contribution in [2.45, 2.75) is 53.6 Å². The van der Waals surface area contributed by atoms with Crippen molar-refractivity contribution >= 4 is 20.1 Å². The summed E-state index contributed by atoms with van der Waals surface area (Å²) < 4.78 is 258. The van der Waals surface area contributed by atoms with Crippen molar-refractivity contribution in [2.24, 2.45) is 0 Å². The van der Waals surface area contributed by atoms with Gasteiger partial charge in [-0.1, -0.05) is 0 Å². The minimum atomic E-state index is -8.76. The predicted molar refractivity (Wildman–Crippen MR) is 110 cm³/mol. The van der Waals surface area contributed by atoms with Gasteiger partial charge in [0.2, 0.25) is 0 Å². The summed E-state index contributed by atoms with van der Waals surface area (Å²) in [5, 5.41) is 10.7. The summed E-state index contributed by atoms with van der Waals surface area (Å²) in [6.45, 7) is -4.96. The van der Waals surface area contributed by atoms with Crippen LogP contribution in [0.5, 0.6) is 0 Å². The molecule has 1 atom stereocenters. The van der Waals surface area contributed by atoms with Crippen molar-refractivity contribution < 1.29 is 102 Å². The van der Waals surface area contributed by atoms with Gasteiger partial charge >= 0.3 is 41.0 Å². The quantitative estimate of drug-likeness (QED) is 0.134. The topological polar surface area (TPSA) is 135 Å². The molecule has 1 unspecified atom stereocenters. The second-order valence-electron chi connectivity index (χ2n) is 9.59. The number of halogens is 15. The zero-order valence-corrected chi connectivity index (χ0v) is 23.0. The van der Waals surface area contributed by atoms with E-state index >= 15 is 0 Å². The molecule has 0 heterocycles. The van der Waals surface area contributed by atoms with Crippen LogP contribution < -0.4 is 0 Å². The normalized spacial score (nSPS) is 16.6. The lowest BCUT2D eigenvalue weighted by molar-refractivity contribution is -0.890. The molecule has 260 valence electrons.